The van der Waals surface area contributed by atoms with E-state index in [9.17, 15) is 22.4 Å². The van der Waals surface area contributed by atoms with Crippen molar-refractivity contribution in [3.8, 4) is 0 Å². The minimum absolute atomic E-state index is 0.143. The average molecular weight is 220 g/mol. The van der Waals surface area contributed by atoms with E-state index < -0.39 is 29.9 Å². The minimum atomic E-state index is -4.61. The van der Waals surface area contributed by atoms with E-state index in [0.29, 0.717) is 0 Å². The highest BCUT2D eigenvalue weighted by Crippen LogP contribution is 2.37. The van der Waals surface area contributed by atoms with Crippen LogP contribution in [0.1, 0.15) is 17.9 Å². The standard InChI is InChI=1S/C10H8F4O/c11-9-4-2-1-3-7(9)8(5-6-15)10(12,13)14/h1-4,6,8H,5H2. The van der Waals surface area contributed by atoms with Crippen LogP contribution in [0.4, 0.5) is 17.6 Å². The predicted molar refractivity (Wildman–Crippen MR) is 45.9 cm³/mol. The van der Waals surface area contributed by atoms with Crippen LogP contribution in [-0.2, 0) is 4.79 Å². The van der Waals surface area contributed by atoms with Crippen molar-refractivity contribution in [3.05, 3.63) is 35.6 Å². The first-order valence-corrected chi connectivity index (χ1v) is 4.21. The highest BCUT2D eigenvalue weighted by Gasteiger charge is 2.41. The first-order chi connectivity index (χ1) is 6.96. The fraction of sp³-hybridized carbons (Fsp3) is 0.300. The summed E-state index contributed by atoms with van der Waals surface area (Å²) in [6.45, 7) is 0. The molecule has 1 nitrogen and oxygen atoms in total. The zero-order valence-corrected chi connectivity index (χ0v) is 7.59. The van der Waals surface area contributed by atoms with Crippen LogP contribution in [0.2, 0.25) is 0 Å². The summed E-state index contributed by atoms with van der Waals surface area (Å²) >= 11 is 0. The van der Waals surface area contributed by atoms with Crippen LogP contribution in [0.25, 0.3) is 0 Å². The van der Waals surface area contributed by atoms with E-state index in [1.807, 2.05) is 0 Å². The van der Waals surface area contributed by atoms with Gasteiger partial charge < -0.3 is 4.79 Å². The molecule has 1 aromatic carbocycles. The number of carbonyl (C=O) groups excluding carboxylic acids is 1. The van der Waals surface area contributed by atoms with Crippen LogP contribution in [0.15, 0.2) is 24.3 Å². The lowest BCUT2D eigenvalue weighted by Crippen LogP contribution is -2.22. The largest absolute Gasteiger partial charge is 0.396 e. The van der Waals surface area contributed by atoms with Crippen molar-refractivity contribution in [2.24, 2.45) is 0 Å². The SMILES string of the molecule is O=CCC(c1ccccc1F)C(F)(F)F. The van der Waals surface area contributed by atoms with Gasteiger partial charge in [0.05, 0.1) is 5.92 Å². The number of benzene rings is 1. The Bertz CT molecular complexity index is 346. The molecule has 1 unspecified atom stereocenters. The Hall–Kier alpha value is -1.39. The van der Waals surface area contributed by atoms with Gasteiger partial charge in [-0.2, -0.15) is 13.2 Å². The number of aldehydes is 1. The van der Waals surface area contributed by atoms with Crippen LogP contribution in [0, 0.1) is 5.82 Å². The van der Waals surface area contributed by atoms with Crippen molar-refractivity contribution >= 4 is 6.29 Å². The summed E-state index contributed by atoms with van der Waals surface area (Å²) in [4.78, 5) is 10.1. The van der Waals surface area contributed by atoms with Crippen molar-refractivity contribution in [3.63, 3.8) is 0 Å². The van der Waals surface area contributed by atoms with E-state index in [0.717, 1.165) is 12.1 Å². The molecule has 0 heterocycles. The number of hydrogen-bond donors (Lipinski definition) is 0. The maximum Gasteiger partial charge on any atom is 0.396 e. The average Bonchev–Trinajstić information content (AvgIpc) is 2.14. The molecule has 1 rings (SSSR count). The molecule has 1 aromatic rings. The third kappa shape index (κ3) is 2.78. The number of alkyl halides is 3. The quantitative estimate of drug-likeness (QED) is 0.565. The molecule has 5 heteroatoms. The third-order valence-corrected chi connectivity index (χ3v) is 2.01. The number of halogens is 4. The van der Waals surface area contributed by atoms with E-state index in [1.165, 1.54) is 12.1 Å². The number of rotatable bonds is 3. The molecule has 0 amide bonds. The van der Waals surface area contributed by atoms with Crippen molar-refractivity contribution in [1.29, 1.82) is 0 Å². The predicted octanol–water partition coefficient (Wildman–Crippen LogP) is 3.06. The van der Waals surface area contributed by atoms with Crippen LogP contribution >= 0.6 is 0 Å². The third-order valence-electron chi connectivity index (χ3n) is 2.01. The Morgan fingerprint density at radius 1 is 1.27 bits per heavy atom. The first-order valence-electron chi connectivity index (χ1n) is 4.21. The molecular weight excluding hydrogens is 212 g/mol. The summed E-state index contributed by atoms with van der Waals surface area (Å²) in [5, 5.41) is 0. The molecule has 0 radical (unpaired) electrons. The summed E-state index contributed by atoms with van der Waals surface area (Å²) in [5.41, 5.74) is -0.489. The molecule has 0 fully saturated rings. The van der Waals surface area contributed by atoms with Gasteiger partial charge in [-0.3, -0.25) is 0 Å². The highest BCUT2D eigenvalue weighted by atomic mass is 19.4. The molecular formula is C10H8F4O. The van der Waals surface area contributed by atoms with E-state index >= 15 is 0 Å². The van der Waals surface area contributed by atoms with Gasteiger partial charge in [-0.15, -0.1) is 0 Å². The second-order valence-corrected chi connectivity index (χ2v) is 3.02. The number of carbonyl (C=O) groups is 1. The zero-order chi connectivity index (χ0) is 11.5. The van der Waals surface area contributed by atoms with E-state index in [2.05, 4.69) is 0 Å². The molecule has 0 aromatic heterocycles. The normalized spacial score (nSPS) is 13.6. The molecule has 0 saturated carbocycles. The Balaban J connectivity index is 3.10. The molecule has 0 N–H and O–H groups in total. The molecule has 0 aliphatic heterocycles. The van der Waals surface area contributed by atoms with Crippen LogP contribution < -0.4 is 0 Å². The van der Waals surface area contributed by atoms with Gasteiger partial charge >= 0.3 is 6.18 Å². The second-order valence-electron chi connectivity index (χ2n) is 3.02. The summed E-state index contributed by atoms with van der Waals surface area (Å²) in [7, 11) is 0. The molecule has 0 bridgehead atoms. The monoisotopic (exact) mass is 220 g/mol. The van der Waals surface area contributed by atoms with Crippen LogP contribution in [0.3, 0.4) is 0 Å². The lowest BCUT2D eigenvalue weighted by atomic mass is 9.95. The van der Waals surface area contributed by atoms with Gasteiger partial charge in [-0.05, 0) is 6.07 Å². The summed E-state index contributed by atoms with van der Waals surface area (Å²) < 4.78 is 50.4. The lowest BCUT2D eigenvalue weighted by Gasteiger charge is -2.18. The van der Waals surface area contributed by atoms with E-state index in [1.54, 1.807) is 0 Å². The minimum Gasteiger partial charge on any atom is -0.303 e. The van der Waals surface area contributed by atoms with Gasteiger partial charge in [0.1, 0.15) is 12.1 Å². The number of hydrogen-bond acceptors (Lipinski definition) is 1. The van der Waals surface area contributed by atoms with Gasteiger partial charge in [-0.25, -0.2) is 4.39 Å². The molecule has 82 valence electrons. The molecule has 0 aliphatic rings. The summed E-state index contributed by atoms with van der Waals surface area (Å²) in [6.07, 6.45) is -5.22. The second kappa shape index (κ2) is 4.42. The fourth-order valence-corrected chi connectivity index (χ4v) is 1.29. The van der Waals surface area contributed by atoms with Crippen molar-refractivity contribution < 1.29 is 22.4 Å². The molecule has 1 atom stereocenters. The molecule has 15 heavy (non-hydrogen) atoms. The van der Waals surface area contributed by atoms with Gasteiger partial charge in [0, 0.05) is 12.0 Å². The van der Waals surface area contributed by atoms with Gasteiger partial charge in [-0.1, -0.05) is 18.2 Å². The maximum atomic E-state index is 13.1. The molecule has 0 saturated heterocycles. The Labute approximate surface area is 83.7 Å². The van der Waals surface area contributed by atoms with Crippen molar-refractivity contribution in [2.75, 3.05) is 0 Å². The van der Waals surface area contributed by atoms with E-state index in [4.69, 9.17) is 0 Å². The zero-order valence-electron chi connectivity index (χ0n) is 7.59. The Kier molecular flexibility index (Phi) is 3.44. The molecule has 0 spiro atoms. The summed E-state index contributed by atoms with van der Waals surface area (Å²) in [5.74, 6) is -3.00. The van der Waals surface area contributed by atoms with Crippen molar-refractivity contribution in [2.45, 2.75) is 18.5 Å². The summed E-state index contributed by atoms with van der Waals surface area (Å²) in [6, 6.07) is 4.59. The topological polar surface area (TPSA) is 17.1 Å². The van der Waals surface area contributed by atoms with Gasteiger partial charge in [0.15, 0.2) is 0 Å². The Morgan fingerprint density at radius 2 is 1.87 bits per heavy atom. The van der Waals surface area contributed by atoms with Gasteiger partial charge in [0.25, 0.3) is 0 Å². The van der Waals surface area contributed by atoms with Crippen LogP contribution in [-0.4, -0.2) is 12.5 Å². The Morgan fingerprint density at radius 3 is 2.33 bits per heavy atom. The van der Waals surface area contributed by atoms with Gasteiger partial charge in [0.2, 0.25) is 0 Å². The fourth-order valence-electron chi connectivity index (χ4n) is 1.29. The first kappa shape index (κ1) is 11.7. The van der Waals surface area contributed by atoms with E-state index in [-0.39, 0.29) is 6.29 Å². The maximum absolute atomic E-state index is 13.1. The van der Waals surface area contributed by atoms with Crippen LogP contribution in [0.5, 0.6) is 0 Å². The smallest absolute Gasteiger partial charge is 0.303 e. The lowest BCUT2D eigenvalue weighted by molar-refractivity contribution is -0.154. The molecule has 0 aliphatic carbocycles. The highest BCUT2D eigenvalue weighted by molar-refractivity contribution is 5.52. The van der Waals surface area contributed by atoms with Crippen molar-refractivity contribution in [1.82, 2.24) is 0 Å².